The van der Waals surface area contributed by atoms with E-state index in [2.05, 4.69) is 41.3 Å². The third-order valence-corrected chi connectivity index (χ3v) is 2.87. The predicted molar refractivity (Wildman–Crippen MR) is 67.9 cm³/mol. The molecule has 0 aliphatic carbocycles. The van der Waals surface area contributed by atoms with E-state index in [9.17, 15) is 0 Å². The normalized spacial score (nSPS) is 10.9. The molecule has 0 atom stereocenters. The molecule has 0 unspecified atom stereocenters. The number of fused-ring (bicyclic) bond motifs is 1. The van der Waals surface area contributed by atoms with Crippen molar-refractivity contribution in [1.29, 1.82) is 0 Å². The van der Waals surface area contributed by atoms with Crippen LogP contribution < -0.4 is 0 Å². The van der Waals surface area contributed by atoms with Gasteiger partial charge < -0.3 is 0 Å². The van der Waals surface area contributed by atoms with Gasteiger partial charge in [0.05, 0.1) is 0 Å². The minimum absolute atomic E-state index is 0.777. The Morgan fingerprint density at radius 3 is 2.47 bits per heavy atom. The Bertz CT molecular complexity index is 666. The Balaban J connectivity index is 2.18. The molecule has 3 nitrogen and oxygen atoms in total. The Morgan fingerprint density at radius 1 is 1.00 bits per heavy atom. The highest BCUT2D eigenvalue weighted by Crippen LogP contribution is 2.17. The molecule has 1 aromatic carbocycles. The van der Waals surface area contributed by atoms with E-state index < -0.39 is 0 Å². The van der Waals surface area contributed by atoms with Crippen LogP contribution in [0.15, 0.2) is 42.6 Å². The highest BCUT2D eigenvalue weighted by Gasteiger charge is 2.06. The van der Waals surface area contributed by atoms with E-state index in [1.54, 1.807) is 0 Å². The van der Waals surface area contributed by atoms with Gasteiger partial charge in [0.25, 0.3) is 0 Å². The summed E-state index contributed by atoms with van der Waals surface area (Å²) in [5.41, 5.74) is 4.36. The van der Waals surface area contributed by atoms with Crippen molar-refractivity contribution in [3.63, 3.8) is 0 Å². The fourth-order valence-electron chi connectivity index (χ4n) is 1.86. The summed E-state index contributed by atoms with van der Waals surface area (Å²) in [6, 6.07) is 12.3. The average molecular weight is 223 g/mol. The molecule has 0 saturated carbocycles. The summed E-state index contributed by atoms with van der Waals surface area (Å²) in [6.07, 6.45) is 1.92. The minimum Gasteiger partial charge on any atom is -0.220 e. The maximum Gasteiger partial charge on any atom is 0.182 e. The predicted octanol–water partition coefficient (Wildman–Crippen LogP) is 3.01. The number of aromatic nitrogens is 3. The fraction of sp³-hybridized carbons (Fsp3) is 0.143. The van der Waals surface area contributed by atoms with Gasteiger partial charge in [-0.25, -0.2) is 9.50 Å². The van der Waals surface area contributed by atoms with Crippen molar-refractivity contribution in [3.05, 3.63) is 53.7 Å². The summed E-state index contributed by atoms with van der Waals surface area (Å²) in [7, 11) is 0. The third-order valence-electron chi connectivity index (χ3n) is 2.87. The molecule has 0 radical (unpaired) electrons. The van der Waals surface area contributed by atoms with Crippen LogP contribution in [0.1, 0.15) is 11.1 Å². The first-order valence-corrected chi connectivity index (χ1v) is 5.63. The Labute approximate surface area is 99.7 Å². The number of benzene rings is 1. The minimum atomic E-state index is 0.777. The molecule has 2 aromatic heterocycles. The number of aryl methyl sites for hydroxylation is 2. The summed E-state index contributed by atoms with van der Waals surface area (Å²) in [5, 5.41) is 4.48. The van der Waals surface area contributed by atoms with Gasteiger partial charge in [0.15, 0.2) is 11.5 Å². The summed E-state index contributed by atoms with van der Waals surface area (Å²) < 4.78 is 1.82. The average Bonchev–Trinajstić information content (AvgIpc) is 2.75. The van der Waals surface area contributed by atoms with Crippen molar-refractivity contribution in [2.24, 2.45) is 0 Å². The zero-order valence-electron chi connectivity index (χ0n) is 9.88. The van der Waals surface area contributed by atoms with Crippen LogP contribution in [0.2, 0.25) is 0 Å². The zero-order chi connectivity index (χ0) is 11.8. The Kier molecular flexibility index (Phi) is 2.18. The quantitative estimate of drug-likeness (QED) is 0.634. The van der Waals surface area contributed by atoms with Crippen LogP contribution in [-0.2, 0) is 0 Å². The van der Waals surface area contributed by atoms with Crippen molar-refractivity contribution in [3.8, 4) is 11.4 Å². The largest absolute Gasteiger partial charge is 0.220 e. The lowest BCUT2D eigenvalue weighted by atomic mass is 10.1. The number of pyridine rings is 1. The number of nitrogens with zero attached hydrogens (tertiary/aromatic N) is 3. The molecule has 3 heteroatoms. The topological polar surface area (TPSA) is 30.2 Å². The van der Waals surface area contributed by atoms with Gasteiger partial charge in [-0.1, -0.05) is 35.9 Å². The van der Waals surface area contributed by atoms with Gasteiger partial charge in [-0.05, 0) is 25.5 Å². The molecule has 3 rings (SSSR count). The summed E-state index contributed by atoms with van der Waals surface area (Å²) in [6.45, 7) is 4.12. The lowest BCUT2D eigenvalue weighted by Crippen LogP contribution is -1.87. The summed E-state index contributed by atoms with van der Waals surface area (Å²) >= 11 is 0. The molecule has 3 aromatic rings. The lowest BCUT2D eigenvalue weighted by Gasteiger charge is -1.94. The Morgan fingerprint density at radius 2 is 1.76 bits per heavy atom. The van der Waals surface area contributed by atoms with Crippen molar-refractivity contribution in [2.75, 3.05) is 0 Å². The summed E-state index contributed by atoms with van der Waals surface area (Å²) in [5.74, 6) is 0.777. The molecule has 0 amide bonds. The molecule has 2 heterocycles. The molecule has 0 aliphatic heterocycles. The first-order valence-electron chi connectivity index (χ1n) is 5.63. The highest BCUT2D eigenvalue weighted by molar-refractivity contribution is 5.60. The SMILES string of the molecule is Cc1ccc(-c2nc3c(C)cccn3n2)cc1. The van der Waals surface area contributed by atoms with Crippen molar-refractivity contribution in [1.82, 2.24) is 14.6 Å². The van der Waals surface area contributed by atoms with E-state index in [1.807, 2.05) is 29.8 Å². The number of rotatable bonds is 1. The monoisotopic (exact) mass is 223 g/mol. The third kappa shape index (κ3) is 1.69. The van der Waals surface area contributed by atoms with E-state index in [0.29, 0.717) is 0 Å². The van der Waals surface area contributed by atoms with Gasteiger partial charge in [0, 0.05) is 11.8 Å². The molecule has 17 heavy (non-hydrogen) atoms. The fourth-order valence-corrected chi connectivity index (χ4v) is 1.86. The first-order chi connectivity index (χ1) is 8.24. The van der Waals surface area contributed by atoms with E-state index in [0.717, 1.165) is 22.6 Å². The van der Waals surface area contributed by atoms with Crippen LogP contribution in [0.25, 0.3) is 17.0 Å². The van der Waals surface area contributed by atoms with Crippen LogP contribution >= 0.6 is 0 Å². The van der Waals surface area contributed by atoms with Gasteiger partial charge in [0.2, 0.25) is 0 Å². The molecular formula is C14H13N3. The maximum atomic E-state index is 4.56. The zero-order valence-corrected chi connectivity index (χ0v) is 9.88. The van der Waals surface area contributed by atoms with Crippen LogP contribution in [0, 0.1) is 13.8 Å². The van der Waals surface area contributed by atoms with Gasteiger partial charge in [-0.2, -0.15) is 0 Å². The molecule has 0 saturated heterocycles. The van der Waals surface area contributed by atoms with Gasteiger partial charge in [0.1, 0.15) is 0 Å². The maximum absolute atomic E-state index is 4.56. The second-order valence-electron chi connectivity index (χ2n) is 4.26. The van der Waals surface area contributed by atoms with E-state index in [1.165, 1.54) is 5.56 Å². The van der Waals surface area contributed by atoms with Gasteiger partial charge in [-0.3, -0.25) is 0 Å². The molecule has 0 aliphatic rings. The van der Waals surface area contributed by atoms with Crippen LogP contribution in [0.3, 0.4) is 0 Å². The van der Waals surface area contributed by atoms with Gasteiger partial charge in [-0.15, -0.1) is 5.10 Å². The standard InChI is InChI=1S/C14H13N3/c1-10-5-7-12(8-6-10)13-15-14-11(2)4-3-9-17(14)16-13/h3-9H,1-2H3. The van der Waals surface area contributed by atoms with E-state index in [-0.39, 0.29) is 0 Å². The van der Waals surface area contributed by atoms with Crippen molar-refractivity contribution < 1.29 is 0 Å². The second kappa shape index (κ2) is 3.70. The van der Waals surface area contributed by atoms with E-state index in [4.69, 9.17) is 0 Å². The number of hydrogen-bond donors (Lipinski definition) is 0. The van der Waals surface area contributed by atoms with E-state index >= 15 is 0 Å². The molecular weight excluding hydrogens is 210 g/mol. The van der Waals surface area contributed by atoms with Crippen LogP contribution in [-0.4, -0.2) is 14.6 Å². The van der Waals surface area contributed by atoms with Crippen molar-refractivity contribution >= 4 is 5.65 Å². The first kappa shape index (κ1) is 10.0. The molecule has 0 spiro atoms. The lowest BCUT2D eigenvalue weighted by molar-refractivity contribution is 0.960. The second-order valence-corrected chi connectivity index (χ2v) is 4.26. The number of hydrogen-bond acceptors (Lipinski definition) is 2. The van der Waals surface area contributed by atoms with Crippen molar-refractivity contribution in [2.45, 2.75) is 13.8 Å². The Hall–Kier alpha value is -2.16. The molecule has 0 bridgehead atoms. The van der Waals surface area contributed by atoms with Crippen LogP contribution in [0.4, 0.5) is 0 Å². The summed E-state index contributed by atoms with van der Waals surface area (Å²) in [4.78, 5) is 4.56. The highest BCUT2D eigenvalue weighted by atomic mass is 15.3. The molecule has 0 fully saturated rings. The molecule has 0 N–H and O–H groups in total. The molecule has 84 valence electrons. The smallest absolute Gasteiger partial charge is 0.182 e. The van der Waals surface area contributed by atoms with Gasteiger partial charge >= 0.3 is 0 Å². The van der Waals surface area contributed by atoms with Crippen LogP contribution in [0.5, 0.6) is 0 Å².